The summed E-state index contributed by atoms with van der Waals surface area (Å²) >= 11 is 0. The normalized spacial score (nSPS) is 10.5. The topological polar surface area (TPSA) is 54.0 Å². The number of hydrogen-bond donors (Lipinski definition) is 2. The zero-order valence-electron chi connectivity index (χ0n) is 13.4. The summed E-state index contributed by atoms with van der Waals surface area (Å²) in [5.74, 6) is 0.922. The Morgan fingerprint density at radius 2 is 1.95 bits per heavy atom. The van der Waals surface area contributed by atoms with E-state index in [1.807, 2.05) is 38.1 Å². The van der Waals surface area contributed by atoms with E-state index in [-0.39, 0.29) is 5.91 Å². The zero-order chi connectivity index (χ0) is 15.9. The molecule has 0 saturated carbocycles. The third-order valence-corrected chi connectivity index (χ3v) is 3.30. The largest absolute Gasteiger partial charge is 0.354 e. The molecule has 1 aromatic heterocycles. The van der Waals surface area contributed by atoms with Crippen LogP contribution < -0.4 is 10.6 Å². The van der Waals surface area contributed by atoms with Gasteiger partial charge in [0.25, 0.3) is 0 Å². The Bertz CT molecular complexity index is 620. The van der Waals surface area contributed by atoms with Crippen LogP contribution in [-0.2, 0) is 11.2 Å². The second-order valence-corrected chi connectivity index (χ2v) is 5.71. The molecule has 0 bridgehead atoms. The van der Waals surface area contributed by atoms with Gasteiger partial charge in [-0.1, -0.05) is 39.0 Å². The number of aryl methyl sites for hydroxylation is 1. The lowest BCUT2D eigenvalue weighted by Gasteiger charge is -2.11. The van der Waals surface area contributed by atoms with Gasteiger partial charge >= 0.3 is 0 Å². The SMILES string of the molecule is CCc1ccccc1Nc1ccc(NC(=O)CC(C)C)nc1. The van der Waals surface area contributed by atoms with Crippen molar-refractivity contribution in [2.45, 2.75) is 33.6 Å². The smallest absolute Gasteiger partial charge is 0.225 e. The van der Waals surface area contributed by atoms with Crippen LogP contribution in [0.25, 0.3) is 0 Å². The van der Waals surface area contributed by atoms with Gasteiger partial charge in [-0.25, -0.2) is 4.98 Å². The van der Waals surface area contributed by atoms with Crippen LogP contribution in [0, 0.1) is 5.92 Å². The summed E-state index contributed by atoms with van der Waals surface area (Å²) in [7, 11) is 0. The van der Waals surface area contributed by atoms with Gasteiger partial charge < -0.3 is 10.6 Å². The lowest BCUT2D eigenvalue weighted by Crippen LogP contribution is -2.14. The van der Waals surface area contributed by atoms with Gasteiger partial charge in [-0.2, -0.15) is 0 Å². The van der Waals surface area contributed by atoms with Crippen molar-refractivity contribution < 1.29 is 4.79 Å². The highest BCUT2D eigenvalue weighted by molar-refractivity contribution is 5.89. The first-order chi connectivity index (χ1) is 10.6. The van der Waals surface area contributed by atoms with Crippen molar-refractivity contribution in [3.05, 3.63) is 48.2 Å². The van der Waals surface area contributed by atoms with E-state index in [1.54, 1.807) is 6.20 Å². The number of benzene rings is 1. The van der Waals surface area contributed by atoms with Crippen LogP contribution >= 0.6 is 0 Å². The molecule has 2 N–H and O–H groups in total. The summed E-state index contributed by atoms with van der Waals surface area (Å²) in [5, 5.41) is 6.17. The van der Waals surface area contributed by atoms with E-state index in [4.69, 9.17) is 0 Å². The summed E-state index contributed by atoms with van der Waals surface area (Å²) in [5.41, 5.74) is 3.25. The molecular formula is C18H23N3O. The highest BCUT2D eigenvalue weighted by Gasteiger charge is 2.06. The Balaban J connectivity index is 2.01. The van der Waals surface area contributed by atoms with E-state index < -0.39 is 0 Å². The molecule has 0 unspecified atom stereocenters. The van der Waals surface area contributed by atoms with E-state index in [2.05, 4.69) is 34.7 Å². The Labute approximate surface area is 132 Å². The van der Waals surface area contributed by atoms with Crippen LogP contribution in [0.1, 0.15) is 32.8 Å². The van der Waals surface area contributed by atoms with Gasteiger partial charge in [0, 0.05) is 12.1 Å². The summed E-state index contributed by atoms with van der Waals surface area (Å²) in [6.45, 7) is 6.17. The number of nitrogens with one attached hydrogen (secondary N) is 2. The Morgan fingerprint density at radius 1 is 1.18 bits per heavy atom. The van der Waals surface area contributed by atoms with Crippen LogP contribution in [0.15, 0.2) is 42.6 Å². The van der Waals surface area contributed by atoms with Crippen LogP contribution in [0.5, 0.6) is 0 Å². The number of para-hydroxylation sites is 1. The fraction of sp³-hybridized carbons (Fsp3) is 0.333. The molecular weight excluding hydrogens is 274 g/mol. The van der Waals surface area contributed by atoms with Crippen LogP contribution in [0.4, 0.5) is 17.2 Å². The van der Waals surface area contributed by atoms with Gasteiger partial charge in [-0.3, -0.25) is 4.79 Å². The minimum atomic E-state index is -0.000428. The molecule has 1 aromatic carbocycles. The Kier molecular flexibility index (Phi) is 5.53. The van der Waals surface area contributed by atoms with Gasteiger partial charge in [-0.15, -0.1) is 0 Å². The first-order valence-corrected chi connectivity index (χ1v) is 7.69. The van der Waals surface area contributed by atoms with Gasteiger partial charge in [0.2, 0.25) is 5.91 Å². The quantitative estimate of drug-likeness (QED) is 0.832. The van der Waals surface area contributed by atoms with E-state index in [0.29, 0.717) is 18.2 Å². The van der Waals surface area contributed by atoms with Crippen molar-refractivity contribution in [2.75, 3.05) is 10.6 Å². The van der Waals surface area contributed by atoms with E-state index in [9.17, 15) is 4.79 Å². The molecule has 2 aromatic rings. The number of rotatable bonds is 6. The molecule has 0 spiro atoms. The molecule has 2 rings (SSSR count). The van der Waals surface area contributed by atoms with Crippen molar-refractivity contribution >= 4 is 23.1 Å². The highest BCUT2D eigenvalue weighted by Crippen LogP contribution is 2.21. The predicted octanol–water partition coefficient (Wildman–Crippen LogP) is 4.37. The lowest BCUT2D eigenvalue weighted by molar-refractivity contribution is -0.116. The maximum absolute atomic E-state index is 11.7. The lowest BCUT2D eigenvalue weighted by atomic mass is 10.1. The average Bonchev–Trinajstić information content (AvgIpc) is 2.49. The Hall–Kier alpha value is -2.36. The maximum atomic E-state index is 11.7. The fourth-order valence-corrected chi connectivity index (χ4v) is 2.21. The third kappa shape index (κ3) is 4.58. The molecule has 1 heterocycles. The third-order valence-electron chi connectivity index (χ3n) is 3.30. The second-order valence-electron chi connectivity index (χ2n) is 5.71. The van der Waals surface area contributed by atoms with E-state index in [0.717, 1.165) is 17.8 Å². The number of aromatic nitrogens is 1. The molecule has 0 aliphatic heterocycles. The van der Waals surface area contributed by atoms with Gasteiger partial charge in [0.05, 0.1) is 11.9 Å². The number of amides is 1. The molecule has 1 amide bonds. The van der Waals surface area contributed by atoms with Crippen molar-refractivity contribution in [1.29, 1.82) is 0 Å². The zero-order valence-corrected chi connectivity index (χ0v) is 13.4. The van der Waals surface area contributed by atoms with Crippen LogP contribution in [0.2, 0.25) is 0 Å². The molecule has 0 aliphatic carbocycles. The minimum Gasteiger partial charge on any atom is -0.354 e. The van der Waals surface area contributed by atoms with Crippen LogP contribution in [0.3, 0.4) is 0 Å². The number of carbonyl (C=O) groups excluding carboxylic acids is 1. The molecule has 0 fully saturated rings. The van der Waals surface area contributed by atoms with Crippen molar-refractivity contribution in [3.8, 4) is 0 Å². The number of hydrogen-bond acceptors (Lipinski definition) is 3. The molecule has 0 atom stereocenters. The van der Waals surface area contributed by atoms with Crippen molar-refractivity contribution in [1.82, 2.24) is 4.98 Å². The Morgan fingerprint density at radius 3 is 2.59 bits per heavy atom. The van der Waals surface area contributed by atoms with Gasteiger partial charge in [-0.05, 0) is 36.1 Å². The number of pyridine rings is 1. The number of anilines is 3. The molecule has 4 heteroatoms. The summed E-state index contributed by atoms with van der Waals surface area (Å²) < 4.78 is 0. The molecule has 0 radical (unpaired) electrons. The summed E-state index contributed by atoms with van der Waals surface area (Å²) in [4.78, 5) is 16.0. The summed E-state index contributed by atoms with van der Waals surface area (Å²) in [6, 6.07) is 11.9. The molecule has 116 valence electrons. The minimum absolute atomic E-state index is 0.000428. The van der Waals surface area contributed by atoms with Crippen molar-refractivity contribution in [3.63, 3.8) is 0 Å². The molecule has 22 heavy (non-hydrogen) atoms. The summed E-state index contributed by atoms with van der Waals surface area (Å²) in [6.07, 6.45) is 3.21. The highest BCUT2D eigenvalue weighted by atomic mass is 16.1. The standard InChI is InChI=1S/C18H23N3O/c1-4-14-7-5-6-8-16(14)20-15-9-10-17(19-12-15)21-18(22)11-13(2)3/h5-10,12-13,20H,4,11H2,1-3H3,(H,19,21,22). The van der Waals surface area contributed by atoms with Crippen molar-refractivity contribution in [2.24, 2.45) is 5.92 Å². The monoisotopic (exact) mass is 297 g/mol. The van der Waals surface area contributed by atoms with Gasteiger partial charge in [0.1, 0.15) is 5.82 Å². The number of nitrogens with zero attached hydrogens (tertiary/aromatic N) is 1. The number of carbonyl (C=O) groups is 1. The van der Waals surface area contributed by atoms with Crippen LogP contribution in [-0.4, -0.2) is 10.9 Å². The average molecular weight is 297 g/mol. The first kappa shape index (κ1) is 16.0. The fourth-order valence-electron chi connectivity index (χ4n) is 2.21. The molecule has 0 saturated heterocycles. The predicted molar refractivity (Wildman–Crippen MR) is 91.4 cm³/mol. The second kappa shape index (κ2) is 7.59. The molecule has 0 aliphatic rings. The van der Waals surface area contributed by atoms with E-state index in [1.165, 1.54) is 5.56 Å². The first-order valence-electron chi connectivity index (χ1n) is 7.69. The maximum Gasteiger partial charge on any atom is 0.225 e. The van der Waals surface area contributed by atoms with Gasteiger partial charge in [0.15, 0.2) is 0 Å². The van der Waals surface area contributed by atoms with E-state index >= 15 is 0 Å². The molecule has 4 nitrogen and oxygen atoms in total.